The van der Waals surface area contributed by atoms with Crippen LogP contribution in [-0.4, -0.2) is 35.7 Å². The monoisotopic (exact) mass is 343 g/mol. The molecule has 1 fully saturated rings. The van der Waals surface area contributed by atoms with Gasteiger partial charge in [-0.1, -0.05) is 35.9 Å². The summed E-state index contributed by atoms with van der Waals surface area (Å²) in [5.74, 6) is 0.0200. The Bertz CT molecular complexity index is 711. The lowest BCUT2D eigenvalue weighted by molar-refractivity contribution is 0.0593. The van der Waals surface area contributed by atoms with Crippen molar-refractivity contribution in [3.8, 4) is 5.75 Å². The molecule has 1 saturated heterocycles. The van der Waals surface area contributed by atoms with E-state index in [9.17, 15) is 9.50 Å². The highest BCUT2D eigenvalue weighted by Gasteiger charge is 2.23. The van der Waals surface area contributed by atoms with Crippen molar-refractivity contribution in [3.63, 3.8) is 0 Å². The molecule has 1 N–H and O–H groups in total. The molecule has 0 spiro atoms. The van der Waals surface area contributed by atoms with Crippen LogP contribution >= 0.6 is 0 Å². The largest absolute Gasteiger partial charge is 0.487 e. The molecule has 4 heteroatoms. The zero-order chi connectivity index (χ0) is 17.8. The molecule has 0 bridgehead atoms. The number of aryl methyl sites for hydroxylation is 2. The predicted molar refractivity (Wildman–Crippen MR) is 97.4 cm³/mol. The fraction of sp³-hybridized carbons (Fsp3) is 0.429. The number of hydrogen-bond acceptors (Lipinski definition) is 3. The summed E-state index contributed by atoms with van der Waals surface area (Å²) in [6.45, 7) is 6.40. The van der Waals surface area contributed by atoms with Gasteiger partial charge in [-0.2, -0.15) is 0 Å². The van der Waals surface area contributed by atoms with Crippen LogP contribution in [0.25, 0.3) is 0 Å². The van der Waals surface area contributed by atoms with Crippen LogP contribution in [0.15, 0.2) is 42.5 Å². The van der Waals surface area contributed by atoms with E-state index in [1.165, 1.54) is 6.07 Å². The van der Waals surface area contributed by atoms with Crippen molar-refractivity contribution in [2.45, 2.75) is 38.9 Å². The van der Waals surface area contributed by atoms with E-state index in [4.69, 9.17) is 4.74 Å². The Kier molecular flexibility index (Phi) is 5.71. The highest BCUT2D eigenvalue weighted by molar-refractivity contribution is 5.32. The molecule has 0 amide bonds. The average Bonchev–Trinajstić information content (AvgIpc) is 2.60. The highest BCUT2D eigenvalue weighted by atomic mass is 19.1. The Morgan fingerprint density at radius 2 is 1.88 bits per heavy atom. The van der Waals surface area contributed by atoms with Gasteiger partial charge in [0, 0.05) is 19.6 Å². The van der Waals surface area contributed by atoms with Gasteiger partial charge in [0.1, 0.15) is 6.10 Å². The van der Waals surface area contributed by atoms with Crippen LogP contribution in [-0.2, 0) is 0 Å². The van der Waals surface area contributed by atoms with Crippen LogP contribution in [0.1, 0.15) is 35.6 Å². The maximum Gasteiger partial charge on any atom is 0.165 e. The summed E-state index contributed by atoms with van der Waals surface area (Å²) in [7, 11) is 0. The van der Waals surface area contributed by atoms with Crippen molar-refractivity contribution in [1.82, 2.24) is 4.90 Å². The highest BCUT2D eigenvalue weighted by Crippen LogP contribution is 2.24. The number of benzene rings is 2. The Labute approximate surface area is 149 Å². The third kappa shape index (κ3) is 4.59. The summed E-state index contributed by atoms with van der Waals surface area (Å²) in [5, 5.41) is 10.6. The van der Waals surface area contributed by atoms with E-state index in [1.54, 1.807) is 18.2 Å². The third-order valence-electron chi connectivity index (χ3n) is 4.89. The maximum absolute atomic E-state index is 13.7. The number of hydrogen-bond donors (Lipinski definition) is 1. The first-order valence-corrected chi connectivity index (χ1v) is 8.91. The second-order valence-electron chi connectivity index (χ2n) is 6.92. The maximum atomic E-state index is 13.7. The number of β-amino-alcohol motifs (C(OH)–C–C–N with tert-alkyl or cyclic N) is 1. The molecule has 1 aliphatic heterocycles. The van der Waals surface area contributed by atoms with Crippen molar-refractivity contribution in [1.29, 1.82) is 0 Å². The first-order valence-electron chi connectivity index (χ1n) is 8.91. The minimum absolute atomic E-state index is 0.0333. The zero-order valence-electron chi connectivity index (χ0n) is 14.9. The number of para-hydroxylation sites is 1. The third-order valence-corrected chi connectivity index (χ3v) is 4.89. The molecular formula is C21H26FNO2. The van der Waals surface area contributed by atoms with E-state index in [0.29, 0.717) is 12.3 Å². The number of piperidine rings is 1. The van der Waals surface area contributed by atoms with Crippen molar-refractivity contribution in [2.24, 2.45) is 0 Å². The van der Waals surface area contributed by atoms with Gasteiger partial charge in [-0.05, 0) is 49.9 Å². The van der Waals surface area contributed by atoms with E-state index in [-0.39, 0.29) is 11.9 Å². The number of aliphatic hydroxyl groups is 1. The molecule has 1 atom stereocenters. The molecule has 3 nitrogen and oxygen atoms in total. The zero-order valence-corrected chi connectivity index (χ0v) is 14.9. The van der Waals surface area contributed by atoms with E-state index in [1.807, 2.05) is 13.8 Å². The fourth-order valence-corrected chi connectivity index (χ4v) is 3.39. The molecule has 0 radical (unpaired) electrons. The Morgan fingerprint density at radius 1 is 1.16 bits per heavy atom. The standard InChI is InChI=1S/C21H26FNO2/c1-15-7-8-16(2)18(13-15)20(24)14-23-11-9-17(10-12-23)25-21-6-4-3-5-19(21)22/h3-8,13,17,20,24H,9-12,14H2,1-2H3/t20-/m0/s1. The topological polar surface area (TPSA) is 32.7 Å². The molecule has 0 aliphatic carbocycles. The number of aliphatic hydroxyl groups excluding tert-OH is 1. The summed E-state index contributed by atoms with van der Waals surface area (Å²) in [4.78, 5) is 2.26. The van der Waals surface area contributed by atoms with Crippen LogP contribution in [0.2, 0.25) is 0 Å². The number of ether oxygens (including phenoxy) is 1. The van der Waals surface area contributed by atoms with Gasteiger partial charge in [0.15, 0.2) is 11.6 Å². The molecule has 0 unspecified atom stereocenters. The summed E-state index contributed by atoms with van der Waals surface area (Å²) in [6.07, 6.45) is 1.23. The van der Waals surface area contributed by atoms with Gasteiger partial charge in [-0.3, -0.25) is 0 Å². The van der Waals surface area contributed by atoms with Gasteiger partial charge < -0.3 is 14.7 Å². The summed E-state index contributed by atoms with van der Waals surface area (Å²) in [6, 6.07) is 12.7. The van der Waals surface area contributed by atoms with Crippen molar-refractivity contribution >= 4 is 0 Å². The molecule has 134 valence electrons. The number of nitrogens with zero attached hydrogens (tertiary/aromatic N) is 1. The number of halogens is 1. The molecular weight excluding hydrogens is 317 g/mol. The van der Waals surface area contributed by atoms with E-state index in [2.05, 4.69) is 23.1 Å². The Hall–Kier alpha value is -1.91. The van der Waals surface area contributed by atoms with Crippen LogP contribution in [0, 0.1) is 19.7 Å². The second-order valence-corrected chi connectivity index (χ2v) is 6.92. The normalized spacial score (nSPS) is 17.4. The molecule has 1 heterocycles. The Morgan fingerprint density at radius 3 is 2.60 bits per heavy atom. The molecule has 2 aromatic carbocycles. The summed E-state index contributed by atoms with van der Waals surface area (Å²) in [5.41, 5.74) is 3.29. The lowest BCUT2D eigenvalue weighted by Gasteiger charge is -2.33. The van der Waals surface area contributed by atoms with Gasteiger partial charge in [0.05, 0.1) is 6.10 Å². The van der Waals surface area contributed by atoms with Gasteiger partial charge in [0.25, 0.3) is 0 Å². The van der Waals surface area contributed by atoms with Crippen molar-refractivity contribution < 1.29 is 14.2 Å². The first kappa shape index (κ1) is 17.9. The van der Waals surface area contributed by atoms with E-state index < -0.39 is 6.10 Å². The first-order chi connectivity index (χ1) is 12.0. The van der Waals surface area contributed by atoms with Gasteiger partial charge in [-0.15, -0.1) is 0 Å². The SMILES string of the molecule is Cc1ccc(C)c([C@@H](O)CN2CCC(Oc3ccccc3F)CC2)c1. The molecule has 25 heavy (non-hydrogen) atoms. The lowest BCUT2D eigenvalue weighted by atomic mass is 9.99. The quantitative estimate of drug-likeness (QED) is 0.890. The average molecular weight is 343 g/mol. The molecule has 0 saturated carbocycles. The van der Waals surface area contributed by atoms with Crippen LogP contribution < -0.4 is 4.74 Å². The predicted octanol–water partition coefficient (Wildman–Crippen LogP) is 4.02. The summed E-state index contributed by atoms with van der Waals surface area (Å²) < 4.78 is 19.5. The van der Waals surface area contributed by atoms with Crippen LogP contribution in [0.3, 0.4) is 0 Å². The Balaban J connectivity index is 1.52. The van der Waals surface area contributed by atoms with Crippen molar-refractivity contribution in [2.75, 3.05) is 19.6 Å². The fourth-order valence-electron chi connectivity index (χ4n) is 3.39. The van der Waals surface area contributed by atoms with Gasteiger partial charge in [0.2, 0.25) is 0 Å². The summed E-state index contributed by atoms with van der Waals surface area (Å²) >= 11 is 0. The minimum atomic E-state index is -0.482. The van der Waals surface area contributed by atoms with Gasteiger partial charge >= 0.3 is 0 Å². The van der Waals surface area contributed by atoms with Crippen molar-refractivity contribution in [3.05, 3.63) is 65.0 Å². The number of likely N-dealkylation sites (tertiary alicyclic amines) is 1. The molecule has 0 aromatic heterocycles. The van der Waals surface area contributed by atoms with E-state index >= 15 is 0 Å². The van der Waals surface area contributed by atoms with E-state index in [0.717, 1.165) is 42.6 Å². The molecule has 3 rings (SSSR count). The number of rotatable bonds is 5. The smallest absolute Gasteiger partial charge is 0.165 e. The minimum Gasteiger partial charge on any atom is -0.487 e. The van der Waals surface area contributed by atoms with Gasteiger partial charge in [-0.25, -0.2) is 4.39 Å². The van der Waals surface area contributed by atoms with Crippen LogP contribution in [0.5, 0.6) is 5.75 Å². The lowest BCUT2D eigenvalue weighted by Crippen LogP contribution is -2.40. The molecule has 1 aliphatic rings. The van der Waals surface area contributed by atoms with Crippen LogP contribution in [0.4, 0.5) is 4.39 Å². The second kappa shape index (κ2) is 7.98. The molecule has 2 aromatic rings.